The van der Waals surface area contributed by atoms with Crippen LogP contribution in [0.25, 0.3) is 0 Å². The van der Waals surface area contributed by atoms with Gasteiger partial charge in [-0.3, -0.25) is 0 Å². The van der Waals surface area contributed by atoms with Crippen molar-refractivity contribution in [3.8, 4) is 11.8 Å². The first-order valence-corrected chi connectivity index (χ1v) is 5.80. The lowest BCUT2D eigenvalue weighted by Gasteiger charge is -2.09. The summed E-state index contributed by atoms with van der Waals surface area (Å²) in [4.78, 5) is 0. The zero-order valence-electron chi connectivity index (χ0n) is 10.5. The molecule has 0 fully saturated rings. The largest absolute Gasteiger partial charge is 0.495 e. The third-order valence-corrected chi connectivity index (χ3v) is 2.74. The molecular weight excluding hydrogens is 243 g/mol. The van der Waals surface area contributed by atoms with E-state index in [9.17, 15) is 4.39 Å². The fourth-order valence-corrected chi connectivity index (χ4v) is 1.74. The predicted octanol–water partition coefficient (Wildman–Crippen LogP) is 3.32. The van der Waals surface area contributed by atoms with Crippen molar-refractivity contribution in [3.63, 3.8) is 0 Å². The molecule has 2 rings (SSSR count). The summed E-state index contributed by atoms with van der Waals surface area (Å²) in [5, 5.41) is 11.9. The zero-order valence-corrected chi connectivity index (χ0v) is 10.5. The van der Waals surface area contributed by atoms with Gasteiger partial charge in [-0.25, -0.2) is 4.39 Å². The van der Waals surface area contributed by atoms with Crippen molar-refractivity contribution in [2.45, 2.75) is 6.54 Å². The number of hydrogen-bond acceptors (Lipinski definition) is 3. The van der Waals surface area contributed by atoms with Crippen molar-refractivity contribution in [3.05, 3.63) is 59.4 Å². The Kier molecular flexibility index (Phi) is 3.99. The molecule has 19 heavy (non-hydrogen) atoms. The van der Waals surface area contributed by atoms with Crippen LogP contribution in [0.2, 0.25) is 0 Å². The maximum Gasteiger partial charge on any atom is 0.146 e. The van der Waals surface area contributed by atoms with Crippen LogP contribution < -0.4 is 10.1 Å². The van der Waals surface area contributed by atoms with Crippen LogP contribution in [0.4, 0.5) is 10.1 Å². The van der Waals surface area contributed by atoms with E-state index in [1.165, 1.54) is 13.2 Å². The summed E-state index contributed by atoms with van der Waals surface area (Å²) in [7, 11) is 1.52. The number of anilines is 1. The fourth-order valence-electron chi connectivity index (χ4n) is 1.74. The highest BCUT2D eigenvalue weighted by molar-refractivity contribution is 5.48. The van der Waals surface area contributed by atoms with Gasteiger partial charge in [-0.2, -0.15) is 5.26 Å². The molecule has 0 saturated carbocycles. The number of ether oxygens (including phenoxy) is 1. The van der Waals surface area contributed by atoms with E-state index in [4.69, 9.17) is 10.00 Å². The number of halogens is 1. The van der Waals surface area contributed by atoms with Gasteiger partial charge in [-0.05, 0) is 29.8 Å². The van der Waals surface area contributed by atoms with Crippen LogP contribution in [0.1, 0.15) is 11.1 Å². The number of rotatable bonds is 4. The minimum Gasteiger partial charge on any atom is -0.495 e. The molecule has 0 atom stereocenters. The summed E-state index contributed by atoms with van der Waals surface area (Å²) in [6.07, 6.45) is 0. The normalized spacial score (nSPS) is 9.74. The van der Waals surface area contributed by atoms with Crippen LogP contribution in [0.5, 0.6) is 5.75 Å². The molecule has 3 nitrogen and oxygen atoms in total. The predicted molar refractivity (Wildman–Crippen MR) is 71.4 cm³/mol. The molecule has 0 radical (unpaired) electrons. The van der Waals surface area contributed by atoms with E-state index in [2.05, 4.69) is 11.4 Å². The summed E-state index contributed by atoms with van der Waals surface area (Å²) in [5.74, 6) is 0.235. The van der Waals surface area contributed by atoms with Gasteiger partial charge in [0, 0.05) is 6.54 Å². The standard InChI is InChI=1S/C15H13FN2O/c1-19-15-8-11(6-7-12(15)9-17)10-18-14-5-3-2-4-13(14)16/h2-8,18H,10H2,1H3. The molecule has 1 N–H and O–H groups in total. The van der Waals surface area contributed by atoms with E-state index < -0.39 is 0 Å². The van der Waals surface area contributed by atoms with Crippen LogP contribution in [0.3, 0.4) is 0 Å². The number of nitrogens with one attached hydrogen (secondary N) is 1. The van der Waals surface area contributed by atoms with Crippen molar-refractivity contribution in [1.82, 2.24) is 0 Å². The lowest BCUT2D eigenvalue weighted by Crippen LogP contribution is -2.02. The maximum absolute atomic E-state index is 13.4. The first-order chi connectivity index (χ1) is 9.24. The minimum atomic E-state index is -0.289. The average Bonchev–Trinajstić information content (AvgIpc) is 2.46. The van der Waals surface area contributed by atoms with Gasteiger partial charge in [0.2, 0.25) is 0 Å². The number of hydrogen-bond donors (Lipinski definition) is 1. The van der Waals surface area contributed by atoms with Crippen LogP contribution in [0.15, 0.2) is 42.5 Å². The maximum atomic E-state index is 13.4. The molecule has 0 spiro atoms. The number of para-hydroxylation sites is 1. The molecule has 2 aromatic carbocycles. The Morgan fingerprint density at radius 2 is 2.05 bits per heavy atom. The smallest absolute Gasteiger partial charge is 0.146 e. The van der Waals surface area contributed by atoms with Gasteiger partial charge in [0.15, 0.2) is 0 Å². The molecule has 0 saturated heterocycles. The molecule has 0 heterocycles. The van der Waals surface area contributed by atoms with Crippen LogP contribution >= 0.6 is 0 Å². The molecule has 0 bridgehead atoms. The van der Waals surface area contributed by atoms with Crippen LogP contribution in [0, 0.1) is 17.1 Å². The highest BCUT2D eigenvalue weighted by Crippen LogP contribution is 2.20. The highest BCUT2D eigenvalue weighted by atomic mass is 19.1. The number of nitrogens with zero attached hydrogens (tertiary/aromatic N) is 1. The topological polar surface area (TPSA) is 45.0 Å². The Morgan fingerprint density at radius 1 is 1.26 bits per heavy atom. The number of nitriles is 1. The summed E-state index contributed by atoms with van der Waals surface area (Å²) in [6.45, 7) is 0.461. The monoisotopic (exact) mass is 256 g/mol. The molecule has 0 aliphatic rings. The van der Waals surface area contributed by atoms with Crippen molar-refractivity contribution in [2.75, 3.05) is 12.4 Å². The van der Waals surface area contributed by atoms with Crippen molar-refractivity contribution < 1.29 is 9.13 Å². The second-order valence-electron chi connectivity index (χ2n) is 3.98. The van der Waals surface area contributed by atoms with Crippen molar-refractivity contribution in [1.29, 1.82) is 5.26 Å². The number of benzene rings is 2. The van der Waals surface area contributed by atoms with E-state index in [0.29, 0.717) is 23.5 Å². The Labute approximate surface area is 111 Å². The summed E-state index contributed by atoms with van der Waals surface area (Å²) < 4.78 is 18.6. The molecule has 0 unspecified atom stereocenters. The van der Waals surface area contributed by atoms with Crippen molar-refractivity contribution in [2.24, 2.45) is 0 Å². The minimum absolute atomic E-state index is 0.289. The first-order valence-electron chi connectivity index (χ1n) is 5.80. The Balaban J connectivity index is 2.13. The van der Waals surface area contributed by atoms with E-state index in [1.807, 2.05) is 6.07 Å². The molecule has 4 heteroatoms. The summed E-state index contributed by atoms with van der Waals surface area (Å²) in [6, 6.07) is 13.8. The Morgan fingerprint density at radius 3 is 2.74 bits per heavy atom. The third-order valence-electron chi connectivity index (χ3n) is 2.74. The average molecular weight is 256 g/mol. The highest BCUT2D eigenvalue weighted by Gasteiger charge is 2.04. The molecular formula is C15H13FN2O. The van der Waals surface area contributed by atoms with Gasteiger partial charge in [-0.1, -0.05) is 18.2 Å². The van der Waals surface area contributed by atoms with Crippen LogP contribution in [-0.2, 0) is 6.54 Å². The second-order valence-corrected chi connectivity index (χ2v) is 3.98. The number of methoxy groups -OCH3 is 1. The molecule has 0 amide bonds. The van der Waals surface area contributed by atoms with E-state index in [1.54, 1.807) is 30.3 Å². The molecule has 96 valence electrons. The third kappa shape index (κ3) is 3.02. The molecule has 2 aromatic rings. The first kappa shape index (κ1) is 12.9. The zero-order chi connectivity index (χ0) is 13.7. The van der Waals surface area contributed by atoms with E-state index in [0.717, 1.165) is 5.56 Å². The van der Waals surface area contributed by atoms with Gasteiger partial charge < -0.3 is 10.1 Å². The van der Waals surface area contributed by atoms with E-state index in [-0.39, 0.29) is 5.82 Å². The molecule has 0 aliphatic heterocycles. The summed E-state index contributed by atoms with van der Waals surface area (Å²) >= 11 is 0. The van der Waals surface area contributed by atoms with Gasteiger partial charge in [0.25, 0.3) is 0 Å². The van der Waals surface area contributed by atoms with Gasteiger partial charge in [0.05, 0.1) is 18.4 Å². The molecule has 0 aromatic heterocycles. The van der Waals surface area contributed by atoms with Crippen LogP contribution in [-0.4, -0.2) is 7.11 Å². The van der Waals surface area contributed by atoms with Gasteiger partial charge in [-0.15, -0.1) is 0 Å². The van der Waals surface area contributed by atoms with E-state index >= 15 is 0 Å². The van der Waals surface area contributed by atoms with Gasteiger partial charge in [0.1, 0.15) is 17.6 Å². The lowest BCUT2D eigenvalue weighted by atomic mass is 10.1. The SMILES string of the molecule is COc1cc(CNc2ccccc2F)ccc1C#N. The Hall–Kier alpha value is -2.54. The van der Waals surface area contributed by atoms with Crippen molar-refractivity contribution >= 4 is 5.69 Å². The summed E-state index contributed by atoms with van der Waals surface area (Å²) in [5.41, 5.74) is 1.85. The fraction of sp³-hybridized carbons (Fsp3) is 0.133. The second kappa shape index (κ2) is 5.87. The lowest BCUT2D eigenvalue weighted by molar-refractivity contribution is 0.413. The Bertz CT molecular complexity index is 620. The van der Waals surface area contributed by atoms with Gasteiger partial charge >= 0.3 is 0 Å². The molecule has 0 aliphatic carbocycles. The quantitative estimate of drug-likeness (QED) is 0.912.